The number of fused-ring (bicyclic) bond motifs is 1. The molecule has 1 aromatic carbocycles. The molecule has 0 radical (unpaired) electrons. The van der Waals surface area contributed by atoms with Gasteiger partial charge in [0.15, 0.2) is 6.04 Å². The quantitative estimate of drug-likeness (QED) is 0.642. The lowest BCUT2D eigenvalue weighted by Gasteiger charge is -2.38. The van der Waals surface area contributed by atoms with Crippen LogP contribution in [0, 0.1) is 5.92 Å². The molecule has 1 aliphatic carbocycles. The molecule has 0 bridgehead atoms. The number of carbonyl (C=O) groups is 2. The van der Waals surface area contributed by atoms with Crippen LogP contribution < -0.4 is 10.2 Å². The summed E-state index contributed by atoms with van der Waals surface area (Å²) < 4.78 is 1.89. The van der Waals surface area contributed by atoms with E-state index < -0.39 is 6.04 Å². The molecular formula is C27H30N4O2. The standard InChI is InChI=1S/C27H30N4O2/c1-19-5-2-3-6-23(19)29-27(33)26-24-7-4-16-30(24)18-25(32)31(26)22-10-8-20(9-11-22)17-21-12-14-28-15-13-21/h4,7-16,19,23,26H,2-3,5-6,17-18H2,1H3,(H,29,33)/t19-,23+,26-/m1/s1. The molecule has 6 nitrogen and oxygen atoms in total. The lowest BCUT2D eigenvalue weighted by Crippen LogP contribution is -2.52. The van der Waals surface area contributed by atoms with Crippen molar-refractivity contribution in [1.82, 2.24) is 14.9 Å². The Labute approximate surface area is 194 Å². The van der Waals surface area contributed by atoms with Crippen LogP contribution >= 0.6 is 0 Å². The minimum atomic E-state index is -0.665. The lowest BCUT2D eigenvalue weighted by molar-refractivity contribution is -0.129. The van der Waals surface area contributed by atoms with Crippen molar-refractivity contribution in [1.29, 1.82) is 0 Å². The summed E-state index contributed by atoms with van der Waals surface area (Å²) in [6, 6.07) is 15.3. The van der Waals surface area contributed by atoms with E-state index in [9.17, 15) is 9.59 Å². The smallest absolute Gasteiger partial charge is 0.249 e. The number of aromatic nitrogens is 2. The first-order valence-corrected chi connectivity index (χ1v) is 11.9. The molecular weight excluding hydrogens is 412 g/mol. The molecule has 1 saturated carbocycles. The van der Waals surface area contributed by atoms with Crippen molar-refractivity contribution in [2.24, 2.45) is 5.92 Å². The van der Waals surface area contributed by atoms with Gasteiger partial charge in [0.05, 0.1) is 5.69 Å². The van der Waals surface area contributed by atoms with Gasteiger partial charge < -0.3 is 9.88 Å². The second kappa shape index (κ2) is 9.22. The SMILES string of the molecule is C[C@@H]1CCCC[C@@H]1NC(=O)[C@H]1c2cccn2CC(=O)N1c1ccc(Cc2ccncc2)cc1. The number of anilines is 1. The number of rotatable bonds is 5. The Morgan fingerprint density at radius 3 is 2.52 bits per heavy atom. The first kappa shape index (κ1) is 21.4. The number of nitrogens with one attached hydrogen (secondary N) is 1. The van der Waals surface area contributed by atoms with Crippen LogP contribution in [-0.2, 0) is 22.6 Å². The minimum Gasteiger partial charge on any atom is -0.351 e. The molecule has 5 rings (SSSR count). The monoisotopic (exact) mass is 442 g/mol. The van der Waals surface area contributed by atoms with Crippen LogP contribution in [0.1, 0.15) is 55.5 Å². The van der Waals surface area contributed by atoms with Gasteiger partial charge in [0, 0.05) is 30.3 Å². The average Bonchev–Trinajstić information content (AvgIpc) is 3.29. The maximum atomic E-state index is 13.6. The molecule has 33 heavy (non-hydrogen) atoms. The Hall–Kier alpha value is -3.41. The highest BCUT2D eigenvalue weighted by molar-refractivity contribution is 6.02. The van der Waals surface area contributed by atoms with Gasteiger partial charge in [-0.25, -0.2) is 0 Å². The second-order valence-electron chi connectivity index (χ2n) is 9.30. The first-order chi connectivity index (χ1) is 16.1. The van der Waals surface area contributed by atoms with Gasteiger partial charge in [0.1, 0.15) is 6.54 Å². The fourth-order valence-electron chi connectivity index (χ4n) is 5.17. The van der Waals surface area contributed by atoms with Crippen molar-refractivity contribution in [3.8, 4) is 0 Å². The van der Waals surface area contributed by atoms with E-state index in [1.165, 1.54) is 12.0 Å². The van der Waals surface area contributed by atoms with Crippen LogP contribution in [-0.4, -0.2) is 27.4 Å². The summed E-state index contributed by atoms with van der Waals surface area (Å²) in [7, 11) is 0. The summed E-state index contributed by atoms with van der Waals surface area (Å²) in [6.07, 6.45) is 10.7. The topological polar surface area (TPSA) is 67.2 Å². The van der Waals surface area contributed by atoms with E-state index in [1.54, 1.807) is 17.3 Å². The number of carbonyl (C=O) groups excluding carboxylic acids is 2. The molecule has 6 heteroatoms. The maximum absolute atomic E-state index is 13.6. The molecule has 1 fully saturated rings. The summed E-state index contributed by atoms with van der Waals surface area (Å²) in [5.74, 6) is 0.287. The Morgan fingerprint density at radius 2 is 1.76 bits per heavy atom. The molecule has 0 spiro atoms. The van der Waals surface area contributed by atoms with E-state index in [4.69, 9.17) is 0 Å². The van der Waals surface area contributed by atoms with Crippen molar-refractivity contribution >= 4 is 17.5 Å². The molecule has 3 heterocycles. The van der Waals surface area contributed by atoms with Crippen LogP contribution in [0.5, 0.6) is 0 Å². The summed E-state index contributed by atoms with van der Waals surface area (Å²) in [6.45, 7) is 2.45. The minimum absolute atomic E-state index is 0.0718. The fraction of sp³-hybridized carbons (Fsp3) is 0.370. The third-order valence-electron chi connectivity index (χ3n) is 7.04. The number of nitrogens with zero attached hydrogens (tertiary/aromatic N) is 3. The Kier molecular flexibility index (Phi) is 5.99. The highest BCUT2D eigenvalue weighted by Gasteiger charge is 2.39. The molecule has 1 N–H and O–H groups in total. The van der Waals surface area contributed by atoms with Gasteiger partial charge in [-0.3, -0.25) is 19.5 Å². The van der Waals surface area contributed by atoms with Gasteiger partial charge in [-0.05, 0) is 72.7 Å². The molecule has 2 amide bonds. The predicted octanol–water partition coefficient (Wildman–Crippen LogP) is 4.26. The average molecular weight is 443 g/mol. The molecule has 3 aromatic rings. The van der Waals surface area contributed by atoms with Crippen LogP contribution in [0.3, 0.4) is 0 Å². The zero-order valence-corrected chi connectivity index (χ0v) is 19.0. The number of amides is 2. The number of hydrogen-bond acceptors (Lipinski definition) is 3. The van der Waals surface area contributed by atoms with Gasteiger partial charge in [-0.1, -0.05) is 31.9 Å². The van der Waals surface area contributed by atoms with Gasteiger partial charge >= 0.3 is 0 Å². The van der Waals surface area contributed by atoms with Crippen molar-refractivity contribution in [2.45, 2.75) is 57.7 Å². The van der Waals surface area contributed by atoms with E-state index in [0.29, 0.717) is 5.92 Å². The number of hydrogen-bond donors (Lipinski definition) is 1. The summed E-state index contributed by atoms with van der Waals surface area (Å²) in [4.78, 5) is 32.6. The van der Waals surface area contributed by atoms with Crippen LogP contribution in [0.2, 0.25) is 0 Å². The van der Waals surface area contributed by atoms with Crippen LogP contribution in [0.15, 0.2) is 67.1 Å². The highest BCUT2D eigenvalue weighted by Crippen LogP contribution is 2.33. The molecule has 0 saturated heterocycles. The highest BCUT2D eigenvalue weighted by atomic mass is 16.2. The largest absolute Gasteiger partial charge is 0.351 e. The van der Waals surface area contributed by atoms with Crippen LogP contribution in [0.25, 0.3) is 0 Å². The zero-order chi connectivity index (χ0) is 22.8. The molecule has 0 unspecified atom stereocenters. The molecule has 2 aromatic heterocycles. The normalized spacial score (nSPS) is 22.6. The zero-order valence-electron chi connectivity index (χ0n) is 19.0. The summed E-state index contributed by atoms with van der Waals surface area (Å²) in [5, 5.41) is 3.28. The van der Waals surface area contributed by atoms with Crippen molar-refractivity contribution < 1.29 is 9.59 Å². The third kappa shape index (κ3) is 4.42. The van der Waals surface area contributed by atoms with Gasteiger partial charge in [-0.2, -0.15) is 0 Å². The first-order valence-electron chi connectivity index (χ1n) is 11.9. The van der Waals surface area contributed by atoms with Crippen molar-refractivity contribution in [3.05, 3.63) is 83.9 Å². The van der Waals surface area contributed by atoms with E-state index in [-0.39, 0.29) is 24.4 Å². The van der Waals surface area contributed by atoms with Crippen molar-refractivity contribution in [3.63, 3.8) is 0 Å². The van der Waals surface area contributed by atoms with Gasteiger partial charge in [0.2, 0.25) is 11.8 Å². The summed E-state index contributed by atoms with van der Waals surface area (Å²) >= 11 is 0. The van der Waals surface area contributed by atoms with Crippen LogP contribution in [0.4, 0.5) is 5.69 Å². The van der Waals surface area contributed by atoms with Gasteiger partial charge in [-0.15, -0.1) is 0 Å². The maximum Gasteiger partial charge on any atom is 0.249 e. The lowest BCUT2D eigenvalue weighted by atomic mass is 9.85. The summed E-state index contributed by atoms with van der Waals surface area (Å²) in [5.41, 5.74) is 3.94. The number of benzene rings is 1. The Morgan fingerprint density at radius 1 is 1.03 bits per heavy atom. The molecule has 3 atom stereocenters. The van der Waals surface area contributed by atoms with Gasteiger partial charge in [0.25, 0.3) is 0 Å². The van der Waals surface area contributed by atoms with E-state index >= 15 is 0 Å². The van der Waals surface area contributed by atoms with E-state index in [0.717, 1.165) is 42.6 Å². The Bertz CT molecular complexity index is 1120. The fourth-order valence-corrected chi connectivity index (χ4v) is 5.17. The van der Waals surface area contributed by atoms with E-state index in [1.807, 2.05) is 59.3 Å². The van der Waals surface area contributed by atoms with E-state index in [2.05, 4.69) is 17.2 Å². The molecule has 170 valence electrons. The Balaban J connectivity index is 1.42. The molecule has 1 aliphatic heterocycles. The third-order valence-corrected chi connectivity index (χ3v) is 7.04. The second-order valence-corrected chi connectivity index (χ2v) is 9.30. The predicted molar refractivity (Wildman–Crippen MR) is 128 cm³/mol. The molecule has 2 aliphatic rings. The number of pyridine rings is 1. The van der Waals surface area contributed by atoms with Crippen molar-refractivity contribution in [2.75, 3.05) is 4.90 Å².